The molecule has 14 heavy (non-hydrogen) atoms. The lowest BCUT2D eigenvalue weighted by molar-refractivity contribution is -0.131. The van der Waals surface area contributed by atoms with Crippen LogP contribution >= 0.6 is 38.5 Å². The fraction of sp³-hybridized carbons (Fsp3) is 0. The van der Waals surface area contributed by atoms with E-state index in [-0.39, 0.29) is 5.82 Å². The molecule has 1 aromatic rings. The van der Waals surface area contributed by atoms with E-state index in [1.807, 2.05) is 22.6 Å². The smallest absolute Gasteiger partial charge is 0.328 e. The van der Waals surface area contributed by atoms with E-state index in [2.05, 4.69) is 15.9 Å². The summed E-state index contributed by atoms with van der Waals surface area (Å²) in [5.41, 5.74) is 0.511. The molecule has 1 N–H and O–H groups in total. The molecule has 5 heteroatoms. The first kappa shape index (κ1) is 11.6. The van der Waals surface area contributed by atoms with Crippen molar-refractivity contribution >= 4 is 50.6 Å². The third kappa shape index (κ3) is 3.06. The maximum absolute atomic E-state index is 12.9. The van der Waals surface area contributed by atoms with Gasteiger partial charge in [-0.05, 0) is 62.3 Å². The van der Waals surface area contributed by atoms with Crippen LogP contribution in [0.2, 0.25) is 0 Å². The molecule has 1 rings (SSSR count). The minimum Gasteiger partial charge on any atom is -0.478 e. The predicted octanol–water partition coefficient (Wildman–Crippen LogP) is 3.29. The molecule has 0 bridgehead atoms. The highest BCUT2D eigenvalue weighted by Crippen LogP contribution is 2.25. The van der Waals surface area contributed by atoms with Crippen molar-refractivity contribution in [2.45, 2.75) is 0 Å². The molecule has 0 fully saturated rings. The Morgan fingerprint density at radius 3 is 2.79 bits per heavy atom. The number of hydrogen-bond donors (Lipinski definition) is 1. The van der Waals surface area contributed by atoms with Crippen molar-refractivity contribution in [3.8, 4) is 0 Å². The van der Waals surface area contributed by atoms with Gasteiger partial charge >= 0.3 is 5.97 Å². The van der Waals surface area contributed by atoms with Crippen molar-refractivity contribution in [1.82, 2.24) is 0 Å². The van der Waals surface area contributed by atoms with E-state index in [0.29, 0.717) is 13.6 Å². The minimum absolute atomic E-state index is 0.386. The van der Waals surface area contributed by atoms with Crippen molar-refractivity contribution in [3.63, 3.8) is 0 Å². The van der Waals surface area contributed by atoms with E-state index >= 15 is 0 Å². The Morgan fingerprint density at radius 1 is 1.57 bits per heavy atom. The molecule has 0 unspecified atom stereocenters. The lowest BCUT2D eigenvalue weighted by atomic mass is 10.2. The van der Waals surface area contributed by atoms with Crippen molar-refractivity contribution in [2.24, 2.45) is 0 Å². The quantitative estimate of drug-likeness (QED) is 0.492. The number of benzene rings is 1. The van der Waals surface area contributed by atoms with Crippen LogP contribution in [0, 0.1) is 9.39 Å². The van der Waals surface area contributed by atoms with Gasteiger partial charge < -0.3 is 5.11 Å². The van der Waals surface area contributed by atoms with Crippen LogP contribution in [0.1, 0.15) is 5.56 Å². The van der Waals surface area contributed by atoms with Gasteiger partial charge in [0.2, 0.25) is 0 Å². The van der Waals surface area contributed by atoms with Crippen molar-refractivity contribution in [2.75, 3.05) is 0 Å². The number of carbonyl (C=O) groups is 1. The van der Waals surface area contributed by atoms with Crippen molar-refractivity contribution < 1.29 is 14.3 Å². The zero-order valence-corrected chi connectivity index (χ0v) is 10.5. The molecule has 2 nitrogen and oxygen atoms in total. The molecule has 0 radical (unpaired) electrons. The zero-order chi connectivity index (χ0) is 10.7. The summed E-state index contributed by atoms with van der Waals surface area (Å²) in [6.45, 7) is 0. The van der Waals surface area contributed by atoms with Gasteiger partial charge in [-0.2, -0.15) is 0 Å². The molecule has 0 aliphatic carbocycles. The topological polar surface area (TPSA) is 37.3 Å². The van der Waals surface area contributed by atoms with Crippen LogP contribution in [0.15, 0.2) is 22.7 Å². The molecule has 0 aliphatic heterocycles. The summed E-state index contributed by atoms with van der Waals surface area (Å²) in [6, 6.07) is 2.63. The second-order valence-corrected chi connectivity index (χ2v) is 4.42. The molecule has 0 aliphatic rings. The summed E-state index contributed by atoms with van der Waals surface area (Å²) in [7, 11) is 0. The highest BCUT2D eigenvalue weighted by molar-refractivity contribution is 14.1. The molecule has 74 valence electrons. The Balaban J connectivity index is 3.14. The van der Waals surface area contributed by atoms with Crippen LogP contribution in [0.4, 0.5) is 4.39 Å². The van der Waals surface area contributed by atoms with E-state index in [9.17, 15) is 9.18 Å². The summed E-state index contributed by atoms with van der Waals surface area (Å²) < 4.78 is 14.3. The predicted molar refractivity (Wildman–Crippen MR) is 63.5 cm³/mol. The monoisotopic (exact) mass is 370 g/mol. The third-order valence-corrected chi connectivity index (χ3v) is 3.90. The van der Waals surface area contributed by atoms with Gasteiger partial charge in [-0.1, -0.05) is 0 Å². The Kier molecular flexibility index (Phi) is 4.06. The summed E-state index contributed by atoms with van der Waals surface area (Å²) in [4.78, 5) is 10.3. The average molecular weight is 371 g/mol. The molecule has 0 saturated carbocycles. The Labute approximate surface area is 102 Å². The van der Waals surface area contributed by atoms with E-state index in [1.165, 1.54) is 18.2 Å². The normalized spacial score (nSPS) is 10.8. The fourth-order valence-corrected chi connectivity index (χ4v) is 1.83. The van der Waals surface area contributed by atoms with Crippen LogP contribution in [0.3, 0.4) is 0 Å². The maximum atomic E-state index is 12.9. The van der Waals surface area contributed by atoms with Gasteiger partial charge in [0.15, 0.2) is 0 Å². The molecular weight excluding hydrogens is 366 g/mol. The Morgan fingerprint density at radius 2 is 2.21 bits per heavy atom. The molecule has 0 atom stereocenters. The van der Waals surface area contributed by atoms with Crippen LogP contribution in [0.5, 0.6) is 0 Å². The minimum atomic E-state index is -1.06. The Bertz CT molecular complexity index is 404. The van der Waals surface area contributed by atoms with Crippen molar-refractivity contribution in [3.05, 3.63) is 37.6 Å². The van der Waals surface area contributed by atoms with Gasteiger partial charge in [0.05, 0.1) is 0 Å². The van der Waals surface area contributed by atoms with E-state index in [0.717, 1.165) is 6.08 Å². The first-order valence-electron chi connectivity index (χ1n) is 3.56. The first-order valence-corrected chi connectivity index (χ1v) is 5.43. The highest BCUT2D eigenvalue weighted by Gasteiger charge is 2.04. The number of carboxylic acid groups (broad SMARTS) is 1. The van der Waals surface area contributed by atoms with E-state index in [4.69, 9.17) is 5.11 Å². The second kappa shape index (κ2) is 4.88. The van der Waals surface area contributed by atoms with Crippen molar-refractivity contribution in [1.29, 1.82) is 0 Å². The fourth-order valence-electron chi connectivity index (χ4n) is 0.858. The van der Waals surface area contributed by atoms with Gasteiger partial charge in [-0.3, -0.25) is 0 Å². The summed E-state index contributed by atoms with van der Waals surface area (Å²) in [5.74, 6) is -1.45. The number of carboxylic acids is 1. The highest BCUT2D eigenvalue weighted by atomic mass is 127. The second-order valence-electron chi connectivity index (χ2n) is 2.46. The van der Waals surface area contributed by atoms with Gasteiger partial charge in [0.25, 0.3) is 0 Å². The van der Waals surface area contributed by atoms with Crippen LogP contribution in [0.25, 0.3) is 6.08 Å². The number of rotatable bonds is 2. The van der Waals surface area contributed by atoms with E-state index in [1.54, 1.807) is 0 Å². The Hall–Kier alpha value is -0.430. The van der Waals surface area contributed by atoms with Gasteiger partial charge in [0, 0.05) is 14.1 Å². The summed E-state index contributed by atoms with van der Waals surface area (Å²) >= 11 is 5.21. The zero-order valence-electron chi connectivity index (χ0n) is 6.80. The lowest BCUT2D eigenvalue weighted by Gasteiger charge is -2.01. The number of hydrogen-bond acceptors (Lipinski definition) is 1. The summed E-state index contributed by atoms with van der Waals surface area (Å²) in [5, 5.41) is 8.41. The number of halogens is 3. The van der Waals surface area contributed by atoms with Gasteiger partial charge in [-0.15, -0.1) is 0 Å². The third-order valence-electron chi connectivity index (χ3n) is 1.43. The first-order chi connectivity index (χ1) is 6.50. The molecule has 0 saturated heterocycles. The van der Waals surface area contributed by atoms with Crippen LogP contribution in [-0.2, 0) is 4.79 Å². The lowest BCUT2D eigenvalue weighted by Crippen LogP contribution is -1.88. The molecular formula is C9H5BrFIO2. The summed E-state index contributed by atoms with van der Waals surface area (Å²) in [6.07, 6.45) is 2.31. The maximum Gasteiger partial charge on any atom is 0.328 e. The molecule has 1 aromatic carbocycles. The average Bonchev–Trinajstić information content (AvgIpc) is 2.08. The molecule has 0 aromatic heterocycles. The molecule has 0 spiro atoms. The van der Waals surface area contributed by atoms with Gasteiger partial charge in [-0.25, -0.2) is 9.18 Å². The largest absolute Gasteiger partial charge is 0.478 e. The van der Waals surface area contributed by atoms with Crippen LogP contribution < -0.4 is 0 Å². The molecule has 0 amide bonds. The SMILES string of the molecule is O=C(O)/C=C/c1cc(F)cc(I)c1Br. The molecule has 0 heterocycles. The number of aliphatic carboxylic acids is 1. The van der Waals surface area contributed by atoms with Crippen LogP contribution in [-0.4, -0.2) is 11.1 Å². The van der Waals surface area contributed by atoms with E-state index < -0.39 is 5.97 Å². The van der Waals surface area contributed by atoms with Gasteiger partial charge in [0.1, 0.15) is 5.82 Å². The standard InChI is InChI=1S/C9H5BrFIO2/c10-9-5(1-2-8(13)14)3-6(11)4-7(9)12/h1-4H,(H,13,14)/b2-1+.